The second-order valence-corrected chi connectivity index (χ2v) is 7.21. The number of rotatable bonds is 8. The number of methoxy groups -OCH3 is 1. The Balaban J connectivity index is 1.46. The highest BCUT2D eigenvalue weighted by Crippen LogP contribution is 2.28. The third-order valence-corrected chi connectivity index (χ3v) is 4.93. The number of benzene rings is 3. The smallest absolute Gasteiger partial charge is 0.248 e. The zero-order valence-corrected chi connectivity index (χ0v) is 17.7. The number of hydrogen-bond acceptors (Lipinski definition) is 5. The van der Waals surface area contributed by atoms with E-state index in [-0.39, 0.29) is 0 Å². The highest BCUT2D eigenvalue weighted by atomic mass is 16.5. The predicted molar refractivity (Wildman–Crippen MR) is 123 cm³/mol. The standard InChI is InChI=1S/C26H24N2O3/c1-18(2)19-4-8-22(9-5-19)25-27-28-26(31-25)23-10-6-20(7-11-23)21-12-14-24(15-13-21)30-17-16-29-3/h4-15H,1,16-17H2,2-3H3. The van der Waals surface area contributed by atoms with E-state index in [4.69, 9.17) is 13.9 Å². The summed E-state index contributed by atoms with van der Waals surface area (Å²) < 4.78 is 16.5. The Morgan fingerprint density at radius 1 is 0.742 bits per heavy atom. The number of allylic oxidation sites excluding steroid dienone is 1. The minimum absolute atomic E-state index is 0.493. The Bertz CT molecular complexity index is 1140. The molecule has 5 heteroatoms. The molecular weight excluding hydrogens is 388 g/mol. The number of nitrogens with zero attached hydrogens (tertiary/aromatic N) is 2. The monoisotopic (exact) mass is 412 g/mol. The van der Waals surface area contributed by atoms with Gasteiger partial charge in [0.05, 0.1) is 6.61 Å². The fraction of sp³-hybridized carbons (Fsp3) is 0.154. The molecule has 4 rings (SSSR count). The summed E-state index contributed by atoms with van der Waals surface area (Å²) in [6.45, 7) is 7.04. The fourth-order valence-corrected chi connectivity index (χ4v) is 3.15. The van der Waals surface area contributed by atoms with Crippen LogP contribution in [0, 0.1) is 0 Å². The van der Waals surface area contributed by atoms with Crippen molar-refractivity contribution in [1.29, 1.82) is 0 Å². The van der Waals surface area contributed by atoms with Gasteiger partial charge in [-0.2, -0.15) is 0 Å². The lowest BCUT2D eigenvalue weighted by atomic mass is 10.0. The molecule has 1 heterocycles. The molecule has 0 radical (unpaired) electrons. The lowest BCUT2D eigenvalue weighted by molar-refractivity contribution is 0.146. The van der Waals surface area contributed by atoms with Gasteiger partial charge in [-0.15, -0.1) is 10.2 Å². The zero-order chi connectivity index (χ0) is 21.6. The average molecular weight is 412 g/mol. The minimum Gasteiger partial charge on any atom is -0.491 e. The van der Waals surface area contributed by atoms with Gasteiger partial charge in [0.1, 0.15) is 12.4 Å². The first-order chi connectivity index (χ1) is 15.1. The predicted octanol–water partition coefficient (Wildman–Crippen LogP) is 6.13. The molecule has 4 aromatic rings. The van der Waals surface area contributed by atoms with Crippen LogP contribution in [0.1, 0.15) is 12.5 Å². The molecule has 5 nitrogen and oxygen atoms in total. The molecule has 0 fully saturated rings. The molecule has 0 aliphatic heterocycles. The van der Waals surface area contributed by atoms with E-state index >= 15 is 0 Å². The molecule has 156 valence electrons. The molecule has 1 aromatic heterocycles. The van der Waals surface area contributed by atoms with E-state index in [2.05, 4.69) is 16.8 Å². The molecule has 31 heavy (non-hydrogen) atoms. The summed E-state index contributed by atoms with van der Waals surface area (Å²) in [6.07, 6.45) is 0. The van der Waals surface area contributed by atoms with Crippen molar-refractivity contribution in [2.75, 3.05) is 20.3 Å². The molecule has 0 aliphatic carbocycles. The Kier molecular flexibility index (Phi) is 6.24. The van der Waals surface area contributed by atoms with Gasteiger partial charge < -0.3 is 13.9 Å². The van der Waals surface area contributed by atoms with Crippen molar-refractivity contribution in [3.8, 4) is 39.8 Å². The van der Waals surface area contributed by atoms with Crippen molar-refractivity contribution in [2.24, 2.45) is 0 Å². The van der Waals surface area contributed by atoms with Crippen molar-refractivity contribution >= 4 is 5.57 Å². The van der Waals surface area contributed by atoms with Gasteiger partial charge in [-0.25, -0.2) is 0 Å². The third kappa shape index (κ3) is 4.90. The van der Waals surface area contributed by atoms with Gasteiger partial charge in [0.15, 0.2) is 0 Å². The highest BCUT2D eigenvalue weighted by molar-refractivity contribution is 5.69. The number of hydrogen-bond donors (Lipinski definition) is 0. The molecule has 0 atom stereocenters. The van der Waals surface area contributed by atoms with E-state index in [1.54, 1.807) is 7.11 Å². The second kappa shape index (κ2) is 9.41. The summed E-state index contributed by atoms with van der Waals surface area (Å²) >= 11 is 0. The Hall–Kier alpha value is -3.70. The Labute approximate surface area is 182 Å². The number of ether oxygens (including phenoxy) is 2. The third-order valence-electron chi connectivity index (χ3n) is 4.93. The zero-order valence-electron chi connectivity index (χ0n) is 17.7. The van der Waals surface area contributed by atoms with E-state index in [0.29, 0.717) is 25.0 Å². The molecule has 0 aliphatic rings. The maximum Gasteiger partial charge on any atom is 0.248 e. The van der Waals surface area contributed by atoms with E-state index in [1.165, 1.54) is 0 Å². The molecule has 0 amide bonds. The van der Waals surface area contributed by atoms with Gasteiger partial charge in [-0.3, -0.25) is 0 Å². The van der Waals surface area contributed by atoms with Crippen LogP contribution in [0.3, 0.4) is 0 Å². The van der Waals surface area contributed by atoms with Gasteiger partial charge in [0.25, 0.3) is 0 Å². The lowest BCUT2D eigenvalue weighted by Crippen LogP contribution is -2.03. The van der Waals surface area contributed by atoms with Gasteiger partial charge in [-0.1, -0.05) is 48.6 Å². The minimum atomic E-state index is 0.493. The summed E-state index contributed by atoms with van der Waals surface area (Å²) in [5.74, 6) is 1.82. The molecule has 0 saturated carbocycles. The summed E-state index contributed by atoms with van der Waals surface area (Å²) in [4.78, 5) is 0. The first kappa shape index (κ1) is 20.6. The van der Waals surface area contributed by atoms with E-state index in [0.717, 1.165) is 39.1 Å². The van der Waals surface area contributed by atoms with Crippen molar-refractivity contribution < 1.29 is 13.9 Å². The van der Waals surface area contributed by atoms with Crippen molar-refractivity contribution in [1.82, 2.24) is 10.2 Å². The first-order valence-electron chi connectivity index (χ1n) is 10.1. The van der Waals surface area contributed by atoms with Gasteiger partial charge in [-0.05, 0) is 60.0 Å². The van der Waals surface area contributed by atoms with Gasteiger partial charge in [0, 0.05) is 18.2 Å². The second-order valence-electron chi connectivity index (χ2n) is 7.21. The maximum atomic E-state index is 5.89. The van der Waals surface area contributed by atoms with Crippen LogP contribution in [0.15, 0.2) is 83.8 Å². The maximum absolute atomic E-state index is 5.89. The summed E-state index contributed by atoms with van der Waals surface area (Å²) in [5.41, 5.74) is 6.07. The molecule has 0 bridgehead atoms. The van der Waals surface area contributed by atoms with Crippen LogP contribution in [0.2, 0.25) is 0 Å². The largest absolute Gasteiger partial charge is 0.491 e. The van der Waals surface area contributed by atoms with Crippen LogP contribution in [-0.4, -0.2) is 30.5 Å². The fourth-order valence-electron chi connectivity index (χ4n) is 3.15. The summed E-state index contributed by atoms with van der Waals surface area (Å²) in [7, 11) is 1.66. The van der Waals surface area contributed by atoms with E-state index in [9.17, 15) is 0 Å². The van der Waals surface area contributed by atoms with Crippen LogP contribution in [0.5, 0.6) is 5.75 Å². The normalized spacial score (nSPS) is 10.8. The van der Waals surface area contributed by atoms with E-state index < -0.39 is 0 Å². The Morgan fingerprint density at radius 3 is 1.74 bits per heavy atom. The van der Waals surface area contributed by atoms with Crippen molar-refractivity contribution in [3.05, 3.63) is 84.9 Å². The van der Waals surface area contributed by atoms with Crippen molar-refractivity contribution in [2.45, 2.75) is 6.92 Å². The van der Waals surface area contributed by atoms with Gasteiger partial charge >= 0.3 is 0 Å². The topological polar surface area (TPSA) is 57.4 Å². The lowest BCUT2D eigenvalue weighted by Gasteiger charge is -2.07. The van der Waals surface area contributed by atoms with Crippen LogP contribution < -0.4 is 4.74 Å². The molecule has 0 unspecified atom stereocenters. The molecule has 0 saturated heterocycles. The first-order valence-corrected chi connectivity index (χ1v) is 10.1. The molecular formula is C26H24N2O3. The molecule has 0 spiro atoms. The SMILES string of the molecule is C=C(C)c1ccc(-c2nnc(-c3ccc(-c4ccc(OCCOC)cc4)cc3)o2)cc1. The van der Waals surface area contributed by atoms with E-state index in [1.807, 2.05) is 79.7 Å². The summed E-state index contributed by atoms with van der Waals surface area (Å²) in [5, 5.41) is 8.41. The van der Waals surface area contributed by atoms with Crippen LogP contribution in [-0.2, 0) is 4.74 Å². The van der Waals surface area contributed by atoms with Crippen LogP contribution >= 0.6 is 0 Å². The Morgan fingerprint density at radius 2 is 1.23 bits per heavy atom. The quantitative estimate of drug-likeness (QED) is 0.326. The van der Waals surface area contributed by atoms with Crippen LogP contribution in [0.25, 0.3) is 39.6 Å². The summed E-state index contributed by atoms with van der Waals surface area (Å²) in [6, 6.07) is 24.0. The van der Waals surface area contributed by atoms with Crippen LogP contribution in [0.4, 0.5) is 0 Å². The average Bonchev–Trinajstić information content (AvgIpc) is 3.30. The highest BCUT2D eigenvalue weighted by Gasteiger charge is 2.11. The van der Waals surface area contributed by atoms with Crippen molar-refractivity contribution in [3.63, 3.8) is 0 Å². The van der Waals surface area contributed by atoms with Gasteiger partial charge in [0.2, 0.25) is 11.8 Å². The molecule has 0 N–H and O–H groups in total. The molecule has 3 aromatic carbocycles. The number of aromatic nitrogens is 2.